The summed E-state index contributed by atoms with van der Waals surface area (Å²) < 4.78 is 0. The van der Waals surface area contributed by atoms with Crippen LogP contribution in [0.15, 0.2) is 0 Å². The van der Waals surface area contributed by atoms with Crippen LogP contribution in [0.2, 0.25) is 0 Å². The number of hydrogen-bond acceptors (Lipinski definition) is 3. The van der Waals surface area contributed by atoms with E-state index in [1.807, 2.05) is 6.92 Å². The van der Waals surface area contributed by atoms with Crippen molar-refractivity contribution in [2.45, 2.75) is 45.1 Å². The van der Waals surface area contributed by atoms with Crippen molar-refractivity contribution in [3.05, 3.63) is 0 Å². The van der Waals surface area contributed by atoms with Crippen molar-refractivity contribution in [3.63, 3.8) is 0 Å². The van der Waals surface area contributed by atoms with Crippen LogP contribution in [0.4, 0.5) is 0 Å². The molecule has 0 bridgehead atoms. The summed E-state index contributed by atoms with van der Waals surface area (Å²) in [5.74, 6) is 1.84. The molecule has 2 fully saturated rings. The average Bonchev–Trinajstić information content (AvgIpc) is 2.87. The summed E-state index contributed by atoms with van der Waals surface area (Å²) in [5.41, 5.74) is -0.366. The molecule has 0 aromatic heterocycles. The van der Waals surface area contributed by atoms with Crippen LogP contribution < -0.4 is 5.32 Å². The first-order valence-electron chi connectivity index (χ1n) is 7.05. The van der Waals surface area contributed by atoms with Crippen LogP contribution in [-0.2, 0) is 0 Å². The maximum atomic E-state index is 9.34. The van der Waals surface area contributed by atoms with Gasteiger partial charge in [-0.05, 0) is 44.6 Å². The van der Waals surface area contributed by atoms with Gasteiger partial charge in [-0.3, -0.25) is 10.2 Å². The van der Waals surface area contributed by atoms with Crippen LogP contribution in [0.3, 0.4) is 0 Å². The van der Waals surface area contributed by atoms with Crippen molar-refractivity contribution in [2.75, 3.05) is 26.2 Å². The van der Waals surface area contributed by atoms with Crippen LogP contribution in [-0.4, -0.2) is 36.6 Å². The van der Waals surface area contributed by atoms with Gasteiger partial charge in [-0.25, -0.2) is 0 Å². The van der Waals surface area contributed by atoms with Gasteiger partial charge in [0.1, 0.15) is 5.54 Å². The van der Waals surface area contributed by atoms with Gasteiger partial charge >= 0.3 is 0 Å². The minimum Gasteiger partial charge on any atom is -0.300 e. The SMILES string of the molecule is CCCNC(C)(C#N)CN1CC2CCCC2C1. The second kappa shape index (κ2) is 5.37. The van der Waals surface area contributed by atoms with E-state index in [1.54, 1.807) is 0 Å². The van der Waals surface area contributed by atoms with E-state index >= 15 is 0 Å². The normalized spacial score (nSPS) is 32.1. The maximum Gasteiger partial charge on any atom is 0.116 e. The topological polar surface area (TPSA) is 39.1 Å². The van der Waals surface area contributed by atoms with E-state index in [0.29, 0.717) is 0 Å². The van der Waals surface area contributed by atoms with Crippen LogP contribution >= 0.6 is 0 Å². The van der Waals surface area contributed by atoms with Gasteiger partial charge in [-0.15, -0.1) is 0 Å². The zero-order chi connectivity index (χ0) is 12.3. The first-order valence-corrected chi connectivity index (χ1v) is 7.05. The molecule has 0 spiro atoms. The highest BCUT2D eigenvalue weighted by molar-refractivity contribution is 5.07. The summed E-state index contributed by atoms with van der Waals surface area (Å²) in [7, 11) is 0. The van der Waals surface area contributed by atoms with Gasteiger partial charge in [0.25, 0.3) is 0 Å². The zero-order valence-corrected chi connectivity index (χ0v) is 11.2. The molecule has 3 unspecified atom stereocenters. The van der Waals surface area contributed by atoms with E-state index in [1.165, 1.54) is 32.4 Å². The lowest BCUT2D eigenvalue weighted by Gasteiger charge is -2.29. The third-order valence-corrected chi connectivity index (χ3v) is 4.35. The standard InChI is InChI=1S/C14H25N3/c1-3-7-16-14(2,10-15)11-17-8-12-5-4-6-13(12)9-17/h12-13,16H,3-9,11H2,1-2H3. The minimum atomic E-state index is -0.366. The lowest BCUT2D eigenvalue weighted by atomic mass is 10.0. The maximum absolute atomic E-state index is 9.34. The van der Waals surface area contributed by atoms with E-state index in [4.69, 9.17) is 0 Å². The van der Waals surface area contributed by atoms with Gasteiger partial charge < -0.3 is 0 Å². The molecule has 0 amide bonds. The smallest absolute Gasteiger partial charge is 0.116 e. The Labute approximate surface area is 105 Å². The Bertz CT molecular complexity index is 284. The lowest BCUT2D eigenvalue weighted by molar-refractivity contribution is 0.245. The van der Waals surface area contributed by atoms with Crippen LogP contribution in [0.5, 0.6) is 0 Å². The van der Waals surface area contributed by atoms with Gasteiger partial charge in [0, 0.05) is 19.6 Å². The van der Waals surface area contributed by atoms with Gasteiger partial charge in [-0.1, -0.05) is 13.3 Å². The molecule has 2 rings (SSSR count). The van der Waals surface area contributed by atoms with E-state index in [-0.39, 0.29) is 5.54 Å². The fourth-order valence-corrected chi connectivity index (χ4v) is 3.44. The molecule has 1 N–H and O–H groups in total. The first kappa shape index (κ1) is 12.9. The van der Waals surface area contributed by atoms with Crippen molar-refractivity contribution in [1.82, 2.24) is 10.2 Å². The van der Waals surface area contributed by atoms with Crippen molar-refractivity contribution in [1.29, 1.82) is 5.26 Å². The summed E-state index contributed by atoms with van der Waals surface area (Å²) in [6, 6.07) is 2.45. The second-order valence-corrected chi connectivity index (χ2v) is 6.02. The Morgan fingerprint density at radius 3 is 2.53 bits per heavy atom. The number of nitrogens with zero attached hydrogens (tertiary/aromatic N) is 2. The van der Waals surface area contributed by atoms with Crippen LogP contribution in [0, 0.1) is 23.2 Å². The number of rotatable bonds is 5. The van der Waals surface area contributed by atoms with Crippen molar-refractivity contribution in [2.24, 2.45) is 11.8 Å². The molecule has 0 aromatic rings. The molecule has 3 nitrogen and oxygen atoms in total. The van der Waals surface area contributed by atoms with Crippen molar-refractivity contribution in [3.8, 4) is 6.07 Å². The Balaban J connectivity index is 1.85. The summed E-state index contributed by atoms with van der Waals surface area (Å²) in [6.45, 7) is 8.44. The summed E-state index contributed by atoms with van der Waals surface area (Å²) >= 11 is 0. The van der Waals surface area contributed by atoms with Gasteiger partial charge in [-0.2, -0.15) is 5.26 Å². The van der Waals surface area contributed by atoms with Crippen molar-refractivity contribution < 1.29 is 0 Å². The van der Waals surface area contributed by atoms with E-state index in [9.17, 15) is 5.26 Å². The lowest BCUT2D eigenvalue weighted by Crippen LogP contribution is -2.50. The molecule has 1 saturated carbocycles. The van der Waals surface area contributed by atoms with Crippen molar-refractivity contribution >= 4 is 0 Å². The van der Waals surface area contributed by atoms with Gasteiger partial charge in [0.05, 0.1) is 6.07 Å². The molecule has 0 aromatic carbocycles. The highest BCUT2D eigenvalue weighted by atomic mass is 15.2. The summed E-state index contributed by atoms with van der Waals surface area (Å²) in [4.78, 5) is 2.50. The molecular weight excluding hydrogens is 210 g/mol. The predicted octanol–water partition coefficient (Wildman–Crippen LogP) is 2.00. The molecule has 1 heterocycles. The Kier molecular flexibility index (Phi) is 4.06. The summed E-state index contributed by atoms with van der Waals surface area (Å²) in [5, 5.41) is 12.7. The molecule has 17 heavy (non-hydrogen) atoms. The summed E-state index contributed by atoms with van der Waals surface area (Å²) in [6.07, 6.45) is 5.33. The fourth-order valence-electron chi connectivity index (χ4n) is 3.44. The Morgan fingerprint density at radius 1 is 1.35 bits per heavy atom. The molecular formula is C14H25N3. The van der Waals surface area contributed by atoms with E-state index in [2.05, 4.69) is 23.2 Å². The van der Waals surface area contributed by atoms with Crippen LogP contribution in [0.25, 0.3) is 0 Å². The van der Waals surface area contributed by atoms with E-state index < -0.39 is 0 Å². The molecule has 0 radical (unpaired) electrons. The monoisotopic (exact) mass is 235 g/mol. The molecule has 96 valence electrons. The minimum absolute atomic E-state index is 0.366. The number of hydrogen-bond donors (Lipinski definition) is 1. The number of nitrogens with one attached hydrogen (secondary N) is 1. The molecule has 3 atom stereocenters. The Morgan fingerprint density at radius 2 is 2.00 bits per heavy atom. The number of nitriles is 1. The number of fused-ring (bicyclic) bond motifs is 1. The van der Waals surface area contributed by atoms with Gasteiger partial charge in [0.2, 0.25) is 0 Å². The largest absolute Gasteiger partial charge is 0.300 e. The molecule has 3 heteroatoms. The molecule has 1 aliphatic heterocycles. The molecule has 1 aliphatic carbocycles. The number of likely N-dealkylation sites (tertiary alicyclic amines) is 1. The third-order valence-electron chi connectivity index (χ3n) is 4.35. The Hall–Kier alpha value is -0.590. The van der Waals surface area contributed by atoms with Gasteiger partial charge in [0.15, 0.2) is 0 Å². The second-order valence-electron chi connectivity index (χ2n) is 6.02. The van der Waals surface area contributed by atoms with E-state index in [0.717, 1.165) is 31.3 Å². The third kappa shape index (κ3) is 3.00. The average molecular weight is 235 g/mol. The quantitative estimate of drug-likeness (QED) is 0.792. The highest BCUT2D eigenvalue weighted by Crippen LogP contribution is 2.37. The molecule has 1 saturated heterocycles. The highest BCUT2D eigenvalue weighted by Gasteiger charge is 2.38. The zero-order valence-electron chi connectivity index (χ0n) is 11.2. The van der Waals surface area contributed by atoms with Crippen LogP contribution in [0.1, 0.15) is 39.5 Å². The molecule has 2 aliphatic rings. The first-order chi connectivity index (χ1) is 8.17. The predicted molar refractivity (Wildman–Crippen MR) is 69.6 cm³/mol. The fraction of sp³-hybridized carbons (Fsp3) is 0.929.